The average molecular weight is 274 g/mol. The van der Waals surface area contributed by atoms with E-state index in [0.717, 1.165) is 24.5 Å². The van der Waals surface area contributed by atoms with E-state index in [-0.39, 0.29) is 5.75 Å². The maximum absolute atomic E-state index is 11.2. The molecule has 0 atom stereocenters. The summed E-state index contributed by atoms with van der Waals surface area (Å²) in [4.78, 5) is 1.85. The van der Waals surface area contributed by atoms with Crippen molar-refractivity contribution in [2.75, 3.05) is 36.2 Å². The average Bonchev–Trinajstić information content (AvgIpc) is 2.51. The topological polar surface area (TPSA) is 81.2 Å². The highest BCUT2D eigenvalue weighted by Gasteiger charge is 2.17. The van der Waals surface area contributed by atoms with Crippen LogP contribution in [0.1, 0.15) is 19.0 Å². The summed E-state index contributed by atoms with van der Waals surface area (Å²) in [6, 6.07) is 0. The monoisotopic (exact) mass is 274 g/mol. The zero-order chi connectivity index (χ0) is 13.9. The van der Waals surface area contributed by atoms with E-state index in [1.807, 2.05) is 23.6 Å². The van der Waals surface area contributed by atoms with E-state index >= 15 is 0 Å². The van der Waals surface area contributed by atoms with Gasteiger partial charge in [0.15, 0.2) is 0 Å². The zero-order valence-corrected chi connectivity index (χ0v) is 12.3. The standard InChI is InChI=1S/C11H22N4O2S/c1-5-6-15-11(10(12)9(2)13-15)14(3)7-8-18(4,16)17/h5-8,12H2,1-4H3. The summed E-state index contributed by atoms with van der Waals surface area (Å²) < 4.78 is 24.2. The molecule has 0 radical (unpaired) electrons. The number of aromatic nitrogens is 2. The molecule has 0 aliphatic heterocycles. The van der Waals surface area contributed by atoms with Gasteiger partial charge in [-0.05, 0) is 13.3 Å². The molecule has 0 unspecified atom stereocenters. The highest BCUT2D eigenvalue weighted by Crippen LogP contribution is 2.25. The van der Waals surface area contributed by atoms with E-state index in [1.54, 1.807) is 0 Å². The Bertz CT molecular complexity index is 507. The Morgan fingerprint density at radius 1 is 1.44 bits per heavy atom. The van der Waals surface area contributed by atoms with Gasteiger partial charge in [-0.1, -0.05) is 6.92 Å². The van der Waals surface area contributed by atoms with Crippen molar-refractivity contribution >= 4 is 21.3 Å². The Morgan fingerprint density at radius 2 is 2.06 bits per heavy atom. The molecule has 7 heteroatoms. The first kappa shape index (κ1) is 14.8. The van der Waals surface area contributed by atoms with Gasteiger partial charge in [-0.2, -0.15) is 5.10 Å². The van der Waals surface area contributed by atoms with Crippen LogP contribution < -0.4 is 10.6 Å². The molecule has 0 spiro atoms. The van der Waals surface area contributed by atoms with Crippen molar-refractivity contribution < 1.29 is 8.42 Å². The normalized spacial score (nSPS) is 11.8. The van der Waals surface area contributed by atoms with Crippen LogP contribution in [0.15, 0.2) is 0 Å². The minimum absolute atomic E-state index is 0.110. The fourth-order valence-corrected chi connectivity index (χ4v) is 2.37. The number of sulfone groups is 1. The number of hydrogen-bond donors (Lipinski definition) is 1. The predicted octanol–water partition coefficient (Wildman–Crippen LogP) is 0.665. The van der Waals surface area contributed by atoms with Crippen molar-refractivity contribution in [1.29, 1.82) is 0 Å². The second-order valence-electron chi connectivity index (χ2n) is 4.60. The molecule has 1 heterocycles. The number of nitrogens with two attached hydrogens (primary N) is 1. The lowest BCUT2D eigenvalue weighted by Gasteiger charge is -2.20. The lowest BCUT2D eigenvalue weighted by Crippen LogP contribution is -2.27. The zero-order valence-electron chi connectivity index (χ0n) is 11.5. The van der Waals surface area contributed by atoms with Crippen molar-refractivity contribution in [3.63, 3.8) is 0 Å². The molecular weight excluding hydrogens is 252 g/mol. The number of nitrogens with zero attached hydrogens (tertiary/aromatic N) is 3. The Hall–Kier alpha value is -1.24. The van der Waals surface area contributed by atoms with E-state index in [4.69, 9.17) is 5.73 Å². The summed E-state index contributed by atoms with van der Waals surface area (Å²) in [6.45, 7) is 5.11. The SMILES string of the molecule is CCCn1nc(C)c(N)c1N(C)CCS(C)(=O)=O. The minimum atomic E-state index is -2.97. The van der Waals surface area contributed by atoms with Gasteiger partial charge in [-0.3, -0.25) is 0 Å². The molecule has 18 heavy (non-hydrogen) atoms. The number of hydrogen-bond acceptors (Lipinski definition) is 5. The van der Waals surface area contributed by atoms with Crippen LogP contribution in [-0.2, 0) is 16.4 Å². The number of rotatable bonds is 6. The molecule has 0 saturated carbocycles. The highest BCUT2D eigenvalue weighted by molar-refractivity contribution is 7.90. The van der Waals surface area contributed by atoms with Gasteiger partial charge in [0.2, 0.25) is 0 Å². The second kappa shape index (κ2) is 5.60. The first-order valence-corrected chi connectivity index (χ1v) is 8.04. The molecule has 2 N–H and O–H groups in total. The molecule has 0 amide bonds. The molecule has 0 aromatic carbocycles. The minimum Gasteiger partial charge on any atom is -0.394 e. The van der Waals surface area contributed by atoms with Gasteiger partial charge in [0, 0.05) is 26.4 Å². The van der Waals surface area contributed by atoms with Gasteiger partial charge in [0.1, 0.15) is 15.7 Å². The second-order valence-corrected chi connectivity index (χ2v) is 6.86. The molecule has 1 aromatic rings. The fraction of sp³-hybridized carbons (Fsp3) is 0.727. The van der Waals surface area contributed by atoms with Crippen LogP contribution in [-0.4, -0.2) is 43.8 Å². The molecular formula is C11H22N4O2S. The molecule has 0 aliphatic rings. The molecule has 0 aliphatic carbocycles. The maximum atomic E-state index is 11.2. The van der Waals surface area contributed by atoms with Crippen molar-refractivity contribution in [3.8, 4) is 0 Å². The predicted molar refractivity (Wildman–Crippen MR) is 74.6 cm³/mol. The van der Waals surface area contributed by atoms with Crippen LogP contribution >= 0.6 is 0 Å². The van der Waals surface area contributed by atoms with Crippen LogP contribution in [0.3, 0.4) is 0 Å². The molecule has 1 aromatic heterocycles. The Morgan fingerprint density at radius 3 is 2.56 bits per heavy atom. The van der Waals surface area contributed by atoms with Crippen LogP contribution in [0, 0.1) is 6.92 Å². The van der Waals surface area contributed by atoms with Gasteiger partial charge in [-0.25, -0.2) is 13.1 Å². The largest absolute Gasteiger partial charge is 0.394 e. The molecule has 0 saturated heterocycles. The van der Waals surface area contributed by atoms with Crippen molar-refractivity contribution in [1.82, 2.24) is 9.78 Å². The van der Waals surface area contributed by atoms with Crippen molar-refractivity contribution in [2.45, 2.75) is 26.8 Å². The first-order valence-electron chi connectivity index (χ1n) is 5.98. The van der Waals surface area contributed by atoms with E-state index in [0.29, 0.717) is 12.2 Å². The van der Waals surface area contributed by atoms with E-state index in [9.17, 15) is 8.42 Å². The lowest BCUT2D eigenvalue weighted by atomic mass is 10.3. The highest BCUT2D eigenvalue weighted by atomic mass is 32.2. The van der Waals surface area contributed by atoms with Gasteiger partial charge >= 0.3 is 0 Å². The first-order chi connectivity index (χ1) is 8.26. The molecule has 1 rings (SSSR count). The Kier molecular flexibility index (Phi) is 4.61. The van der Waals surface area contributed by atoms with Gasteiger partial charge in [0.25, 0.3) is 0 Å². The third-order valence-corrected chi connectivity index (χ3v) is 3.66. The number of aryl methyl sites for hydroxylation is 2. The number of nitrogen functional groups attached to an aromatic ring is 1. The summed E-state index contributed by atoms with van der Waals surface area (Å²) in [5.74, 6) is 0.914. The Balaban J connectivity index is 2.93. The van der Waals surface area contributed by atoms with Crippen LogP contribution in [0.5, 0.6) is 0 Å². The summed E-state index contributed by atoms with van der Waals surface area (Å²) in [5.41, 5.74) is 7.41. The lowest BCUT2D eigenvalue weighted by molar-refractivity contribution is 0.588. The molecule has 6 nitrogen and oxygen atoms in total. The van der Waals surface area contributed by atoms with E-state index < -0.39 is 9.84 Å². The summed E-state index contributed by atoms with van der Waals surface area (Å²) in [5, 5.41) is 4.37. The van der Waals surface area contributed by atoms with Gasteiger partial charge in [0.05, 0.1) is 17.1 Å². The van der Waals surface area contributed by atoms with Crippen LogP contribution in [0.4, 0.5) is 11.5 Å². The van der Waals surface area contributed by atoms with Crippen molar-refractivity contribution in [2.24, 2.45) is 0 Å². The van der Waals surface area contributed by atoms with Gasteiger partial charge in [-0.15, -0.1) is 0 Å². The molecule has 0 fully saturated rings. The van der Waals surface area contributed by atoms with Crippen LogP contribution in [0.2, 0.25) is 0 Å². The quantitative estimate of drug-likeness (QED) is 0.824. The summed E-state index contributed by atoms with van der Waals surface area (Å²) >= 11 is 0. The van der Waals surface area contributed by atoms with E-state index in [2.05, 4.69) is 12.0 Å². The van der Waals surface area contributed by atoms with E-state index in [1.165, 1.54) is 6.26 Å². The number of anilines is 2. The van der Waals surface area contributed by atoms with Crippen molar-refractivity contribution in [3.05, 3.63) is 5.69 Å². The molecule has 104 valence electrons. The van der Waals surface area contributed by atoms with Gasteiger partial charge < -0.3 is 10.6 Å². The summed E-state index contributed by atoms with van der Waals surface area (Å²) in [7, 11) is -1.13. The smallest absolute Gasteiger partial charge is 0.150 e. The fourth-order valence-electron chi connectivity index (χ4n) is 1.76. The third kappa shape index (κ3) is 3.63. The maximum Gasteiger partial charge on any atom is 0.150 e. The molecule has 0 bridgehead atoms. The third-order valence-electron chi connectivity index (χ3n) is 2.74. The Labute approximate surface area is 109 Å². The summed E-state index contributed by atoms with van der Waals surface area (Å²) in [6.07, 6.45) is 2.19. The van der Waals surface area contributed by atoms with Crippen LogP contribution in [0.25, 0.3) is 0 Å².